The number of para-hydroxylation sites is 1. The number of fused-ring (bicyclic) bond motifs is 10. The van der Waals surface area contributed by atoms with Gasteiger partial charge in [-0.05, 0) is 28.6 Å². The fraction of sp³-hybridized carbons (Fsp3) is 0.0233. The fourth-order valence-electron chi connectivity index (χ4n) is 7.13. The van der Waals surface area contributed by atoms with Crippen LogP contribution in [0.2, 0.25) is 0 Å². The Bertz CT molecular complexity index is 2710. The first-order valence-corrected chi connectivity index (χ1v) is 16.0. The number of hydrogen-bond acceptors (Lipinski definition) is 4. The van der Waals surface area contributed by atoms with Crippen molar-refractivity contribution in [1.82, 2.24) is 9.97 Å². The molecule has 1 aliphatic rings. The maximum atomic E-state index is 6.53. The second-order valence-electron chi connectivity index (χ2n) is 12.2. The minimum atomic E-state index is 0.0979. The molecule has 1 aliphatic heterocycles. The lowest BCUT2D eigenvalue weighted by atomic mass is 9.97. The molecule has 220 valence electrons. The van der Waals surface area contributed by atoms with Crippen molar-refractivity contribution in [2.24, 2.45) is 0 Å². The van der Waals surface area contributed by atoms with Crippen LogP contribution in [0.1, 0.15) is 17.2 Å². The molecule has 9 aromatic rings. The summed E-state index contributed by atoms with van der Waals surface area (Å²) in [7, 11) is 0. The Morgan fingerprint density at radius 3 is 2.19 bits per heavy atom. The van der Waals surface area contributed by atoms with E-state index in [4.69, 9.17) is 14.4 Å². The number of anilines is 1. The zero-order valence-corrected chi connectivity index (χ0v) is 25.3. The molecule has 1 atom stereocenters. The van der Waals surface area contributed by atoms with E-state index in [1.54, 1.807) is 0 Å². The normalized spacial score (nSPS) is 14.3. The molecule has 1 unspecified atom stereocenters. The van der Waals surface area contributed by atoms with Crippen molar-refractivity contribution in [3.05, 3.63) is 157 Å². The summed E-state index contributed by atoms with van der Waals surface area (Å²) in [6, 6.07) is 48.8. The van der Waals surface area contributed by atoms with Crippen molar-refractivity contribution in [3.63, 3.8) is 0 Å². The molecule has 10 rings (SSSR count). The van der Waals surface area contributed by atoms with Crippen LogP contribution in [0.25, 0.3) is 83.1 Å². The predicted octanol–water partition coefficient (Wildman–Crippen LogP) is 11.3. The Balaban J connectivity index is 1.10. The summed E-state index contributed by atoms with van der Waals surface area (Å²) in [5, 5.41) is 10.5. The maximum absolute atomic E-state index is 6.53. The van der Waals surface area contributed by atoms with Gasteiger partial charge in [0.15, 0.2) is 5.58 Å². The summed E-state index contributed by atoms with van der Waals surface area (Å²) in [6.07, 6.45) is 4.42. The monoisotopic (exact) mass is 601 g/mol. The lowest BCUT2D eigenvalue weighted by Gasteiger charge is -2.24. The van der Waals surface area contributed by atoms with Gasteiger partial charge in [-0.25, -0.2) is 9.97 Å². The molecular weight excluding hydrogens is 574 g/mol. The summed E-state index contributed by atoms with van der Waals surface area (Å²) in [5.41, 5.74) is 10.9. The highest BCUT2D eigenvalue weighted by Gasteiger charge is 2.20. The molecule has 0 saturated carbocycles. The van der Waals surface area contributed by atoms with E-state index in [9.17, 15) is 0 Å². The van der Waals surface area contributed by atoms with Gasteiger partial charge >= 0.3 is 0 Å². The highest BCUT2D eigenvalue weighted by molar-refractivity contribution is 6.24. The first kappa shape index (κ1) is 26.0. The van der Waals surface area contributed by atoms with Crippen molar-refractivity contribution in [1.29, 1.82) is 0 Å². The third-order valence-electron chi connectivity index (χ3n) is 9.48. The molecule has 4 nitrogen and oxygen atoms in total. The minimum Gasteiger partial charge on any atom is -0.454 e. The van der Waals surface area contributed by atoms with Crippen LogP contribution in [0.5, 0.6) is 0 Å². The van der Waals surface area contributed by atoms with Crippen LogP contribution in [0, 0.1) is 0 Å². The van der Waals surface area contributed by atoms with Crippen LogP contribution >= 0.6 is 0 Å². The van der Waals surface area contributed by atoms with E-state index in [0.29, 0.717) is 0 Å². The Kier molecular flexibility index (Phi) is 5.60. The van der Waals surface area contributed by atoms with Gasteiger partial charge in [0, 0.05) is 38.1 Å². The molecule has 0 amide bonds. The van der Waals surface area contributed by atoms with Gasteiger partial charge in [-0.1, -0.05) is 140 Å². The first-order valence-electron chi connectivity index (χ1n) is 16.0. The molecule has 6 aromatic carbocycles. The first-order chi connectivity index (χ1) is 23.3. The van der Waals surface area contributed by atoms with E-state index in [-0.39, 0.29) is 6.04 Å². The summed E-state index contributed by atoms with van der Waals surface area (Å²) in [4.78, 5) is 10.5. The maximum Gasteiger partial charge on any atom is 0.162 e. The number of furan rings is 1. The quantitative estimate of drug-likeness (QED) is 0.205. The Morgan fingerprint density at radius 2 is 1.30 bits per heavy atom. The van der Waals surface area contributed by atoms with Crippen LogP contribution < -0.4 is 5.32 Å². The molecule has 0 saturated heterocycles. The van der Waals surface area contributed by atoms with Crippen molar-refractivity contribution >= 4 is 66.3 Å². The van der Waals surface area contributed by atoms with E-state index in [1.807, 2.05) is 12.1 Å². The van der Waals surface area contributed by atoms with Crippen LogP contribution in [0.3, 0.4) is 0 Å². The lowest BCUT2D eigenvalue weighted by Crippen LogP contribution is -2.12. The summed E-state index contributed by atoms with van der Waals surface area (Å²) in [5.74, 6) is 0. The van der Waals surface area contributed by atoms with Gasteiger partial charge in [0.05, 0.1) is 28.5 Å². The van der Waals surface area contributed by atoms with Crippen LogP contribution in [0.4, 0.5) is 5.69 Å². The highest BCUT2D eigenvalue weighted by atomic mass is 16.3. The third-order valence-corrected chi connectivity index (χ3v) is 9.48. The molecule has 4 heteroatoms. The second-order valence-corrected chi connectivity index (χ2v) is 12.2. The van der Waals surface area contributed by atoms with Gasteiger partial charge in [0.25, 0.3) is 0 Å². The van der Waals surface area contributed by atoms with Gasteiger partial charge in [0.1, 0.15) is 11.3 Å². The zero-order chi connectivity index (χ0) is 30.9. The topological polar surface area (TPSA) is 51.0 Å². The molecule has 0 spiro atoms. The van der Waals surface area contributed by atoms with E-state index in [1.165, 1.54) is 10.9 Å². The largest absolute Gasteiger partial charge is 0.454 e. The molecule has 47 heavy (non-hydrogen) atoms. The van der Waals surface area contributed by atoms with Gasteiger partial charge in [-0.15, -0.1) is 0 Å². The van der Waals surface area contributed by atoms with Crippen LogP contribution in [-0.4, -0.2) is 9.97 Å². The average Bonchev–Trinajstić information content (AvgIpc) is 3.54. The molecule has 0 aliphatic carbocycles. The van der Waals surface area contributed by atoms with Crippen molar-refractivity contribution < 1.29 is 4.42 Å². The summed E-state index contributed by atoms with van der Waals surface area (Å²) in [6.45, 7) is 0. The molecule has 0 fully saturated rings. The van der Waals surface area contributed by atoms with Crippen molar-refractivity contribution in [3.8, 4) is 22.5 Å². The van der Waals surface area contributed by atoms with E-state index >= 15 is 0 Å². The van der Waals surface area contributed by atoms with Crippen LogP contribution in [0.15, 0.2) is 150 Å². The van der Waals surface area contributed by atoms with Gasteiger partial charge in [-0.3, -0.25) is 0 Å². The minimum absolute atomic E-state index is 0.0979. The molecule has 3 aromatic heterocycles. The van der Waals surface area contributed by atoms with E-state index in [2.05, 4.69) is 145 Å². The fourth-order valence-corrected chi connectivity index (χ4v) is 7.13. The van der Waals surface area contributed by atoms with Gasteiger partial charge < -0.3 is 9.73 Å². The number of hydrogen-bond donors (Lipinski definition) is 1. The highest BCUT2D eigenvalue weighted by Crippen LogP contribution is 2.41. The number of benzene rings is 6. The molecular formula is C43H27N3O. The smallest absolute Gasteiger partial charge is 0.162 e. The van der Waals surface area contributed by atoms with Gasteiger partial charge in [-0.2, -0.15) is 0 Å². The van der Waals surface area contributed by atoms with Crippen molar-refractivity contribution in [2.75, 3.05) is 5.32 Å². The number of rotatable bonds is 3. The third kappa shape index (κ3) is 4.08. The SMILES string of the molecule is C1=CC(c2ccccc2)Nc2c1ccc1ccc(-c3ccc(-c4nc5c6ccccc6ccc5c5c4oc4ccccc45)cc3)nc21. The lowest BCUT2D eigenvalue weighted by molar-refractivity contribution is 0.669. The number of nitrogens with one attached hydrogen (secondary N) is 1. The van der Waals surface area contributed by atoms with Crippen molar-refractivity contribution in [2.45, 2.75) is 6.04 Å². The Morgan fingerprint density at radius 1 is 0.553 bits per heavy atom. The van der Waals surface area contributed by atoms with E-state index in [0.717, 1.165) is 82.9 Å². The van der Waals surface area contributed by atoms with E-state index < -0.39 is 0 Å². The molecule has 4 heterocycles. The van der Waals surface area contributed by atoms with Gasteiger partial charge in [0.2, 0.25) is 0 Å². The Labute approximate surface area is 270 Å². The number of pyridine rings is 2. The summed E-state index contributed by atoms with van der Waals surface area (Å²) < 4.78 is 6.53. The number of aromatic nitrogens is 2. The second kappa shape index (κ2) is 10.1. The number of nitrogens with zero attached hydrogens (tertiary/aromatic N) is 2. The Hall–Kier alpha value is -6.26. The predicted molar refractivity (Wildman–Crippen MR) is 195 cm³/mol. The molecule has 0 bridgehead atoms. The molecule has 1 N–H and O–H groups in total. The summed E-state index contributed by atoms with van der Waals surface area (Å²) >= 11 is 0. The average molecular weight is 602 g/mol. The standard InChI is InChI=1S/C43H27N3O/c1-2-9-27(10-3-1)35-24-21-29-18-19-30-22-25-36(45-40(30)39(29)44-35)28-14-16-31(17-15-28)41-43-38(33-12-6-7-13-37(33)47-43)34-23-20-26-8-4-5-11-32(26)42(34)46-41/h1-25,35,44H. The molecule has 0 radical (unpaired) electrons. The zero-order valence-electron chi connectivity index (χ0n) is 25.3. The van der Waals surface area contributed by atoms with Crippen LogP contribution in [-0.2, 0) is 0 Å².